The topological polar surface area (TPSA) is 78.5 Å². The number of benzene rings is 2. The molecule has 0 unspecified atom stereocenters. The SMILES string of the molecule is C[C@]1(c2ccc3c(c2)CCC3)NC(=O)N(CC(=O)Nc2ccc(C(F)(F)F)cc2)C1=O. The molecular weight excluding hydrogens is 411 g/mol. The van der Waals surface area contributed by atoms with Crippen molar-refractivity contribution in [3.8, 4) is 0 Å². The van der Waals surface area contributed by atoms with Crippen LogP contribution in [0.5, 0.6) is 0 Å². The number of nitrogens with zero attached hydrogens (tertiary/aromatic N) is 1. The van der Waals surface area contributed by atoms with Crippen LogP contribution < -0.4 is 10.6 Å². The van der Waals surface area contributed by atoms with Crippen molar-refractivity contribution in [2.75, 3.05) is 11.9 Å². The Bertz CT molecular complexity index is 1070. The second-order valence-corrected chi connectivity index (χ2v) is 7.91. The molecule has 6 nitrogen and oxygen atoms in total. The first-order chi connectivity index (χ1) is 14.6. The number of hydrogen-bond acceptors (Lipinski definition) is 3. The highest BCUT2D eigenvalue weighted by Gasteiger charge is 2.49. The number of nitrogens with one attached hydrogen (secondary N) is 2. The Labute approximate surface area is 176 Å². The normalized spacial score (nSPS) is 20.6. The predicted molar refractivity (Wildman–Crippen MR) is 106 cm³/mol. The molecule has 1 aliphatic carbocycles. The number of imide groups is 1. The van der Waals surface area contributed by atoms with Gasteiger partial charge in [0.25, 0.3) is 5.91 Å². The summed E-state index contributed by atoms with van der Waals surface area (Å²) >= 11 is 0. The second-order valence-electron chi connectivity index (χ2n) is 7.91. The number of hydrogen-bond donors (Lipinski definition) is 2. The molecule has 1 saturated heterocycles. The van der Waals surface area contributed by atoms with Gasteiger partial charge in [-0.1, -0.05) is 18.2 Å². The highest BCUT2D eigenvalue weighted by molar-refractivity contribution is 6.10. The first kappa shape index (κ1) is 20.9. The third-order valence-electron chi connectivity index (χ3n) is 5.75. The monoisotopic (exact) mass is 431 g/mol. The van der Waals surface area contributed by atoms with Crippen molar-refractivity contribution in [3.05, 3.63) is 64.7 Å². The number of carbonyl (C=O) groups excluding carboxylic acids is 3. The molecule has 2 aromatic rings. The third-order valence-corrected chi connectivity index (χ3v) is 5.75. The van der Waals surface area contributed by atoms with Gasteiger partial charge in [-0.05, 0) is 67.1 Å². The van der Waals surface area contributed by atoms with Gasteiger partial charge in [0.05, 0.1) is 5.56 Å². The summed E-state index contributed by atoms with van der Waals surface area (Å²) in [6.07, 6.45) is -1.53. The van der Waals surface area contributed by atoms with Gasteiger partial charge in [0.15, 0.2) is 0 Å². The number of aryl methyl sites for hydroxylation is 2. The van der Waals surface area contributed by atoms with Crippen LogP contribution in [0.25, 0.3) is 0 Å². The molecule has 0 saturated carbocycles. The molecule has 1 fully saturated rings. The smallest absolute Gasteiger partial charge is 0.325 e. The number of amides is 4. The lowest BCUT2D eigenvalue weighted by Gasteiger charge is -2.23. The summed E-state index contributed by atoms with van der Waals surface area (Å²) in [5.74, 6) is -1.25. The van der Waals surface area contributed by atoms with E-state index >= 15 is 0 Å². The molecule has 0 spiro atoms. The average molecular weight is 431 g/mol. The van der Waals surface area contributed by atoms with Crippen LogP contribution in [0.4, 0.5) is 23.7 Å². The van der Waals surface area contributed by atoms with E-state index < -0.39 is 41.7 Å². The third kappa shape index (κ3) is 3.87. The van der Waals surface area contributed by atoms with Gasteiger partial charge in [0.1, 0.15) is 12.1 Å². The standard InChI is InChI=1S/C22H20F3N3O3/c1-21(16-6-5-13-3-2-4-14(13)11-16)19(30)28(20(31)27-21)12-18(29)26-17-9-7-15(8-10-17)22(23,24)25/h5-11H,2-4,12H2,1H3,(H,26,29)(H,27,31)/t21-/m1/s1. The lowest BCUT2D eigenvalue weighted by atomic mass is 9.89. The Kier molecular flexibility index (Phi) is 4.99. The number of rotatable bonds is 4. The molecule has 1 aliphatic heterocycles. The van der Waals surface area contributed by atoms with Gasteiger partial charge in [0.2, 0.25) is 5.91 Å². The van der Waals surface area contributed by atoms with Crippen molar-refractivity contribution >= 4 is 23.5 Å². The fraction of sp³-hybridized carbons (Fsp3) is 0.318. The highest BCUT2D eigenvalue weighted by atomic mass is 19.4. The van der Waals surface area contributed by atoms with Crippen LogP contribution in [0.2, 0.25) is 0 Å². The van der Waals surface area contributed by atoms with E-state index in [4.69, 9.17) is 0 Å². The zero-order valence-corrected chi connectivity index (χ0v) is 16.7. The first-order valence-electron chi connectivity index (χ1n) is 9.81. The molecule has 1 atom stereocenters. The second kappa shape index (κ2) is 7.40. The molecule has 2 aromatic carbocycles. The molecule has 0 radical (unpaired) electrons. The fourth-order valence-electron chi connectivity index (χ4n) is 4.01. The molecule has 2 N–H and O–H groups in total. The largest absolute Gasteiger partial charge is 0.416 e. The molecule has 162 valence electrons. The van der Waals surface area contributed by atoms with Crippen LogP contribution in [0.1, 0.15) is 35.6 Å². The molecule has 4 rings (SSSR count). The van der Waals surface area contributed by atoms with E-state index in [-0.39, 0.29) is 5.69 Å². The molecule has 9 heteroatoms. The number of urea groups is 1. The van der Waals surface area contributed by atoms with E-state index in [0.29, 0.717) is 5.56 Å². The molecule has 2 aliphatic rings. The molecule has 4 amide bonds. The quantitative estimate of drug-likeness (QED) is 0.727. The average Bonchev–Trinajstić information content (AvgIpc) is 3.26. The summed E-state index contributed by atoms with van der Waals surface area (Å²) in [5.41, 5.74) is 1.04. The Morgan fingerprint density at radius 1 is 1.10 bits per heavy atom. The van der Waals surface area contributed by atoms with E-state index in [1.165, 1.54) is 5.56 Å². The summed E-state index contributed by atoms with van der Waals surface area (Å²) in [7, 11) is 0. The van der Waals surface area contributed by atoms with E-state index in [0.717, 1.165) is 54.0 Å². The van der Waals surface area contributed by atoms with Crippen LogP contribution in [0.3, 0.4) is 0 Å². The van der Waals surface area contributed by atoms with Gasteiger partial charge in [-0.25, -0.2) is 4.79 Å². The van der Waals surface area contributed by atoms with Crippen LogP contribution in [-0.4, -0.2) is 29.3 Å². The maximum absolute atomic E-state index is 13.0. The predicted octanol–water partition coefficient (Wildman–Crippen LogP) is 3.60. The number of halogens is 3. The van der Waals surface area contributed by atoms with Gasteiger partial charge in [-0.15, -0.1) is 0 Å². The first-order valence-corrected chi connectivity index (χ1v) is 9.81. The van der Waals surface area contributed by atoms with Crippen LogP contribution in [0, 0.1) is 0 Å². The van der Waals surface area contributed by atoms with Crippen molar-refractivity contribution in [1.29, 1.82) is 0 Å². The Morgan fingerprint density at radius 2 is 1.77 bits per heavy atom. The minimum absolute atomic E-state index is 0.131. The van der Waals surface area contributed by atoms with Gasteiger partial charge in [-0.3, -0.25) is 14.5 Å². The number of carbonyl (C=O) groups is 3. The molecule has 1 heterocycles. The minimum Gasteiger partial charge on any atom is -0.325 e. The Morgan fingerprint density at radius 3 is 2.45 bits per heavy atom. The van der Waals surface area contributed by atoms with Crippen molar-refractivity contribution in [2.24, 2.45) is 0 Å². The maximum Gasteiger partial charge on any atom is 0.416 e. The molecule has 31 heavy (non-hydrogen) atoms. The zero-order valence-electron chi connectivity index (χ0n) is 16.7. The van der Waals surface area contributed by atoms with E-state index in [1.54, 1.807) is 6.92 Å². The minimum atomic E-state index is -4.48. The summed E-state index contributed by atoms with van der Waals surface area (Å²) in [6.45, 7) is 1.05. The van der Waals surface area contributed by atoms with Gasteiger partial charge in [0, 0.05) is 5.69 Å². The number of fused-ring (bicyclic) bond motifs is 1. The van der Waals surface area contributed by atoms with Crippen molar-refractivity contribution < 1.29 is 27.6 Å². The van der Waals surface area contributed by atoms with Gasteiger partial charge < -0.3 is 10.6 Å². The van der Waals surface area contributed by atoms with E-state index in [9.17, 15) is 27.6 Å². The van der Waals surface area contributed by atoms with Crippen molar-refractivity contribution in [2.45, 2.75) is 37.9 Å². The van der Waals surface area contributed by atoms with Crippen molar-refractivity contribution in [1.82, 2.24) is 10.2 Å². The van der Waals surface area contributed by atoms with Crippen LogP contribution >= 0.6 is 0 Å². The highest BCUT2D eigenvalue weighted by Crippen LogP contribution is 2.33. The number of alkyl halides is 3. The van der Waals surface area contributed by atoms with Crippen LogP contribution in [-0.2, 0) is 34.1 Å². The summed E-state index contributed by atoms with van der Waals surface area (Å²) in [6, 6.07) is 8.91. The molecule has 0 aromatic heterocycles. The van der Waals surface area contributed by atoms with Crippen LogP contribution in [0.15, 0.2) is 42.5 Å². The summed E-state index contributed by atoms with van der Waals surface area (Å²) < 4.78 is 37.9. The van der Waals surface area contributed by atoms with Crippen molar-refractivity contribution in [3.63, 3.8) is 0 Å². The van der Waals surface area contributed by atoms with Gasteiger partial charge >= 0.3 is 12.2 Å². The molecular formula is C22H20F3N3O3. The molecule has 0 bridgehead atoms. The fourth-order valence-corrected chi connectivity index (χ4v) is 4.01. The zero-order chi connectivity index (χ0) is 22.4. The van der Waals surface area contributed by atoms with Gasteiger partial charge in [-0.2, -0.15) is 13.2 Å². The lowest BCUT2D eigenvalue weighted by Crippen LogP contribution is -2.42. The van der Waals surface area contributed by atoms with E-state index in [2.05, 4.69) is 10.6 Å². The maximum atomic E-state index is 13.0. The summed E-state index contributed by atoms with van der Waals surface area (Å²) in [4.78, 5) is 38.6. The summed E-state index contributed by atoms with van der Waals surface area (Å²) in [5, 5.41) is 5.07. The Balaban J connectivity index is 1.46. The Hall–Kier alpha value is -3.36. The number of anilines is 1. The lowest BCUT2D eigenvalue weighted by molar-refractivity contribution is -0.137. The van der Waals surface area contributed by atoms with E-state index in [1.807, 2.05) is 18.2 Å².